The summed E-state index contributed by atoms with van der Waals surface area (Å²) >= 11 is 0. The number of hydrogen-bond donors (Lipinski definition) is 0. The lowest BCUT2D eigenvalue weighted by atomic mass is 10.2. The molecule has 0 fully saturated rings. The number of aromatic nitrogens is 6. The van der Waals surface area contributed by atoms with Gasteiger partial charge in [0, 0.05) is 12.6 Å². The number of nitrogens with zero attached hydrogens (tertiary/aromatic N) is 6. The summed E-state index contributed by atoms with van der Waals surface area (Å²) in [5, 5.41) is 12.5. The number of rotatable bonds is 5. The van der Waals surface area contributed by atoms with Crippen LogP contribution in [0.3, 0.4) is 0 Å². The smallest absolute Gasteiger partial charge is 0.280 e. The summed E-state index contributed by atoms with van der Waals surface area (Å²) in [6, 6.07) is 7.34. The average Bonchev–Trinajstić information content (AvgIpc) is 3.13. The fraction of sp³-hybridized carbons (Fsp3) is 0.278. The molecule has 0 N–H and O–H groups in total. The third-order valence-corrected chi connectivity index (χ3v) is 4.34. The highest BCUT2D eigenvalue weighted by molar-refractivity contribution is 5.74. The highest BCUT2D eigenvalue weighted by atomic mass is 16.5. The van der Waals surface area contributed by atoms with Crippen LogP contribution in [0.25, 0.3) is 16.8 Å². The highest BCUT2D eigenvalue weighted by Crippen LogP contribution is 2.27. The zero-order valence-electron chi connectivity index (χ0n) is 15.2. The number of pyridine rings is 1. The number of fused-ring (bicyclic) bond motifs is 3. The van der Waals surface area contributed by atoms with Crippen LogP contribution in [0, 0.1) is 0 Å². The van der Waals surface area contributed by atoms with Crippen molar-refractivity contribution in [2.45, 2.75) is 19.9 Å². The molecule has 9 heteroatoms. The van der Waals surface area contributed by atoms with E-state index in [9.17, 15) is 4.79 Å². The van der Waals surface area contributed by atoms with Gasteiger partial charge in [-0.05, 0) is 23.8 Å². The van der Waals surface area contributed by atoms with E-state index in [1.807, 2.05) is 25.1 Å². The lowest BCUT2D eigenvalue weighted by Gasteiger charge is -2.11. The molecule has 0 aliphatic heterocycles. The van der Waals surface area contributed by atoms with Gasteiger partial charge in [0.05, 0.1) is 20.8 Å². The van der Waals surface area contributed by atoms with Gasteiger partial charge in [0.2, 0.25) is 0 Å². The van der Waals surface area contributed by atoms with Crippen LogP contribution >= 0.6 is 0 Å². The molecule has 0 unspecified atom stereocenters. The number of methoxy groups -OCH3 is 2. The SMILES string of the molecule is CCc1nc2nnc3c(=O)n(Cc4ccc(OC)c(OC)c4)ccc3n2n1. The van der Waals surface area contributed by atoms with Crippen LogP contribution in [-0.4, -0.2) is 43.6 Å². The van der Waals surface area contributed by atoms with Crippen molar-refractivity contribution in [1.82, 2.24) is 29.4 Å². The van der Waals surface area contributed by atoms with Gasteiger partial charge < -0.3 is 14.0 Å². The second-order valence-corrected chi connectivity index (χ2v) is 5.97. The second-order valence-electron chi connectivity index (χ2n) is 5.97. The standard InChI is InChI=1S/C18H18N6O3/c1-4-15-19-18-21-20-16-12(24(18)22-15)7-8-23(17(16)25)10-11-5-6-13(26-2)14(9-11)27-3/h5-9H,4,10H2,1-3H3. The summed E-state index contributed by atoms with van der Waals surface area (Å²) in [4.78, 5) is 17.2. The molecule has 0 saturated heterocycles. The minimum absolute atomic E-state index is 0.245. The van der Waals surface area contributed by atoms with Crippen LogP contribution in [0.4, 0.5) is 0 Å². The largest absolute Gasteiger partial charge is 0.493 e. The van der Waals surface area contributed by atoms with Crippen molar-refractivity contribution in [3.05, 3.63) is 52.2 Å². The van der Waals surface area contributed by atoms with Crippen LogP contribution in [-0.2, 0) is 13.0 Å². The van der Waals surface area contributed by atoms with Crippen molar-refractivity contribution in [2.75, 3.05) is 14.2 Å². The number of benzene rings is 1. The van der Waals surface area contributed by atoms with Gasteiger partial charge in [0.25, 0.3) is 11.3 Å². The van der Waals surface area contributed by atoms with Crippen molar-refractivity contribution in [2.24, 2.45) is 0 Å². The predicted molar refractivity (Wildman–Crippen MR) is 98.4 cm³/mol. The molecular formula is C18H18N6O3. The fourth-order valence-corrected chi connectivity index (χ4v) is 2.93. The van der Waals surface area contributed by atoms with Gasteiger partial charge in [-0.25, -0.2) is 0 Å². The molecule has 3 aromatic heterocycles. The Morgan fingerprint density at radius 2 is 1.89 bits per heavy atom. The maximum atomic E-state index is 12.9. The van der Waals surface area contributed by atoms with Gasteiger partial charge >= 0.3 is 0 Å². The summed E-state index contributed by atoms with van der Waals surface area (Å²) < 4.78 is 13.7. The Hall–Kier alpha value is -3.49. The molecule has 1 aromatic carbocycles. The summed E-state index contributed by atoms with van der Waals surface area (Å²) in [7, 11) is 3.16. The van der Waals surface area contributed by atoms with Crippen molar-refractivity contribution >= 4 is 16.8 Å². The third kappa shape index (κ3) is 2.86. The zero-order chi connectivity index (χ0) is 19.0. The Morgan fingerprint density at radius 1 is 1.07 bits per heavy atom. The molecule has 0 saturated carbocycles. The molecule has 0 atom stereocenters. The van der Waals surface area contributed by atoms with Gasteiger partial charge in [-0.15, -0.1) is 15.3 Å². The van der Waals surface area contributed by atoms with Crippen LogP contribution < -0.4 is 15.0 Å². The Labute approximate surface area is 154 Å². The minimum Gasteiger partial charge on any atom is -0.493 e. The summed E-state index contributed by atoms with van der Waals surface area (Å²) in [5.74, 6) is 2.29. The normalized spacial score (nSPS) is 11.2. The molecule has 0 aliphatic rings. The highest BCUT2D eigenvalue weighted by Gasteiger charge is 2.13. The van der Waals surface area contributed by atoms with Crippen molar-refractivity contribution in [3.8, 4) is 11.5 Å². The molecule has 27 heavy (non-hydrogen) atoms. The van der Waals surface area contributed by atoms with E-state index in [0.717, 1.165) is 5.56 Å². The molecule has 4 aromatic rings. The molecule has 0 bridgehead atoms. The Bertz CT molecular complexity index is 1200. The van der Waals surface area contributed by atoms with Gasteiger partial charge in [-0.2, -0.15) is 9.50 Å². The van der Waals surface area contributed by atoms with E-state index in [2.05, 4.69) is 20.3 Å². The molecule has 0 spiro atoms. The maximum Gasteiger partial charge on any atom is 0.280 e. The molecule has 3 heterocycles. The first-order valence-electron chi connectivity index (χ1n) is 8.47. The Kier molecular flexibility index (Phi) is 4.19. The predicted octanol–water partition coefficient (Wildman–Crippen LogP) is 1.46. The lowest BCUT2D eigenvalue weighted by molar-refractivity contribution is 0.354. The van der Waals surface area contributed by atoms with Crippen LogP contribution in [0.2, 0.25) is 0 Å². The molecule has 4 rings (SSSR count). The van der Waals surface area contributed by atoms with Gasteiger partial charge in [0.1, 0.15) is 5.52 Å². The minimum atomic E-state index is -0.245. The number of aryl methyl sites for hydroxylation is 1. The van der Waals surface area contributed by atoms with Crippen LogP contribution in [0.1, 0.15) is 18.3 Å². The Morgan fingerprint density at radius 3 is 2.63 bits per heavy atom. The van der Waals surface area contributed by atoms with Gasteiger partial charge in [-0.3, -0.25) is 4.79 Å². The van der Waals surface area contributed by atoms with Crippen LogP contribution in [0.15, 0.2) is 35.3 Å². The fourth-order valence-electron chi connectivity index (χ4n) is 2.93. The van der Waals surface area contributed by atoms with E-state index in [4.69, 9.17) is 9.47 Å². The summed E-state index contributed by atoms with van der Waals surface area (Å²) in [6.07, 6.45) is 2.40. The maximum absolute atomic E-state index is 12.9. The second kappa shape index (κ2) is 6.67. The van der Waals surface area contributed by atoms with Crippen molar-refractivity contribution in [1.29, 1.82) is 0 Å². The molecule has 0 aliphatic carbocycles. The van der Waals surface area contributed by atoms with E-state index in [1.165, 1.54) is 0 Å². The van der Waals surface area contributed by atoms with E-state index in [0.29, 0.717) is 41.6 Å². The summed E-state index contributed by atoms with van der Waals surface area (Å²) in [5.41, 5.74) is 1.49. The average molecular weight is 366 g/mol. The zero-order valence-corrected chi connectivity index (χ0v) is 15.2. The van der Waals surface area contributed by atoms with Crippen molar-refractivity contribution in [3.63, 3.8) is 0 Å². The number of ether oxygens (including phenoxy) is 2. The summed E-state index contributed by atoms with van der Waals surface area (Å²) in [6.45, 7) is 2.33. The first-order valence-corrected chi connectivity index (χ1v) is 8.47. The lowest BCUT2D eigenvalue weighted by Crippen LogP contribution is -2.22. The third-order valence-electron chi connectivity index (χ3n) is 4.34. The van der Waals surface area contributed by atoms with Crippen molar-refractivity contribution < 1.29 is 9.47 Å². The Balaban J connectivity index is 1.78. The van der Waals surface area contributed by atoms with E-state index < -0.39 is 0 Å². The molecule has 138 valence electrons. The first-order chi connectivity index (χ1) is 13.1. The van der Waals surface area contributed by atoms with E-state index in [-0.39, 0.29) is 11.1 Å². The van der Waals surface area contributed by atoms with E-state index in [1.54, 1.807) is 35.6 Å². The molecule has 9 nitrogen and oxygen atoms in total. The topological polar surface area (TPSA) is 96.4 Å². The van der Waals surface area contributed by atoms with E-state index >= 15 is 0 Å². The van der Waals surface area contributed by atoms with Gasteiger partial charge in [0.15, 0.2) is 22.8 Å². The van der Waals surface area contributed by atoms with Crippen LogP contribution in [0.5, 0.6) is 11.5 Å². The quantitative estimate of drug-likeness (QED) is 0.527. The molecule has 0 radical (unpaired) electrons. The monoisotopic (exact) mass is 366 g/mol. The molecular weight excluding hydrogens is 348 g/mol. The number of hydrogen-bond acceptors (Lipinski definition) is 7. The van der Waals surface area contributed by atoms with Gasteiger partial charge in [-0.1, -0.05) is 13.0 Å². The molecule has 0 amide bonds. The first kappa shape index (κ1) is 17.0.